The molecule has 0 aliphatic rings. The molecule has 0 aliphatic heterocycles. The first kappa shape index (κ1) is 25.2. The molecule has 0 amide bonds. The van der Waals surface area contributed by atoms with Gasteiger partial charge in [-0.15, -0.1) is 0 Å². The highest BCUT2D eigenvalue weighted by Gasteiger charge is 2.38. The van der Waals surface area contributed by atoms with Crippen LogP contribution in [0, 0.1) is 0 Å². The highest BCUT2D eigenvalue weighted by atomic mass is 31.2. The molecule has 0 heterocycles. The van der Waals surface area contributed by atoms with Crippen molar-refractivity contribution in [1.82, 2.24) is 0 Å². The largest absolute Gasteiger partial charge is 0.481 e. The Morgan fingerprint density at radius 3 is 1.41 bits per heavy atom. The number of hydrogen-bond acceptors (Lipinski definition) is 4. The molecule has 0 unspecified atom stereocenters. The van der Waals surface area contributed by atoms with Gasteiger partial charge in [0.15, 0.2) is 5.78 Å². The summed E-state index contributed by atoms with van der Waals surface area (Å²) in [6.07, 6.45) is -0.665. The molecule has 0 atom stereocenters. The predicted molar refractivity (Wildman–Crippen MR) is 138 cm³/mol. The minimum Gasteiger partial charge on any atom is -0.481 e. The van der Waals surface area contributed by atoms with Crippen LogP contribution < -0.4 is 15.9 Å². The molecule has 0 spiro atoms. The first-order chi connectivity index (χ1) is 16.2. The summed E-state index contributed by atoms with van der Waals surface area (Å²) >= 11 is 0. The lowest BCUT2D eigenvalue weighted by molar-refractivity contribution is -0.146. The number of benzene rings is 3. The fourth-order valence-corrected chi connectivity index (χ4v) is 8.22. The van der Waals surface area contributed by atoms with E-state index in [1.807, 2.05) is 91.0 Å². The van der Waals surface area contributed by atoms with E-state index in [4.69, 9.17) is 4.74 Å². The van der Waals surface area contributed by atoms with Gasteiger partial charge in [-0.25, -0.2) is 4.79 Å². The van der Waals surface area contributed by atoms with Crippen LogP contribution in [0.4, 0.5) is 0 Å². The Hall–Kier alpha value is -3.43. The number of rotatable bonds is 8. The Labute approximate surface area is 200 Å². The number of hydrogen-bond donors (Lipinski definition) is 1. The molecule has 34 heavy (non-hydrogen) atoms. The Bertz CT molecular complexity index is 1110. The number of carboxylic acid groups (broad SMARTS) is 1. The fourth-order valence-electron chi connectivity index (χ4n) is 3.89. The first-order valence-electron chi connectivity index (χ1n) is 11.1. The lowest BCUT2D eigenvalue weighted by atomic mass is 10.1. The maximum atomic E-state index is 13.8. The zero-order valence-electron chi connectivity index (χ0n) is 19.6. The third-order valence-electron chi connectivity index (χ3n) is 5.19. The smallest absolute Gasteiger partial charge is 0.343 e. The Balaban J connectivity index is 2.55. The summed E-state index contributed by atoms with van der Waals surface area (Å²) in [6.45, 7) is 2.22. The van der Waals surface area contributed by atoms with Crippen molar-refractivity contribution in [2.24, 2.45) is 0 Å². The van der Waals surface area contributed by atoms with Crippen LogP contribution in [-0.2, 0) is 19.1 Å². The lowest BCUT2D eigenvalue weighted by Crippen LogP contribution is -2.40. The molecular formula is C28H29O5P. The molecule has 3 aromatic carbocycles. The van der Waals surface area contributed by atoms with Crippen molar-refractivity contribution in [3.63, 3.8) is 0 Å². The van der Waals surface area contributed by atoms with Crippen LogP contribution in [-0.4, -0.2) is 33.7 Å². The van der Waals surface area contributed by atoms with Gasteiger partial charge in [0.25, 0.3) is 0 Å². The van der Waals surface area contributed by atoms with E-state index in [2.05, 4.69) is 0 Å². The van der Waals surface area contributed by atoms with Crippen LogP contribution in [0.25, 0.3) is 0 Å². The first-order valence-corrected chi connectivity index (χ1v) is 12.9. The summed E-state index contributed by atoms with van der Waals surface area (Å²) in [4.78, 5) is 38.9. The monoisotopic (exact) mass is 476 g/mol. The topological polar surface area (TPSA) is 80.7 Å². The molecular weight excluding hydrogens is 447 g/mol. The Morgan fingerprint density at radius 2 is 1.09 bits per heavy atom. The van der Waals surface area contributed by atoms with Gasteiger partial charge in [0.2, 0.25) is 0 Å². The van der Waals surface area contributed by atoms with Gasteiger partial charge >= 0.3 is 11.9 Å². The van der Waals surface area contributed by atoms with Crippen molar-refractivity contribution >= 4 is 45.8 Å². The number of ketones is 1. The van der Waals surface area contributed by atoms with E-state index < -0.39 is 30.2 Å². The SMILES string of the molecule is CC(C)(C)OC(=O)C(C(=O)CCC(=O)O)=P(c1ccccc1)(c1ccccc1)c1ccccc1. The van der Waals surface area contributed by atoms with Crippen molar-refractivity contribution in [3.05, 3.63) is 91.0 Å². The van der Waals surface area contributed by atoms with Crippen LogP contribution in [0.5, 0.6) is 0 Å². The van der Waals surface area contributed by atoms with Crippen molar-refractivity contribution in [1.29, 1.82) is 0 Å². The van der Waals surface area contributed by atoms with Crippen molar-refractivity contribution in [2.75, 3.05) is 0 Å². The number of carboxylic acids is 1. The zero-order valence-corrected chi connectivity index (χ0v) is 20.5. The number of carbonyl (C=O) groups is 3. The summed E-state index contributed by atoms with van der Waals surface area (Å²) in [6, 6.07) is 28.4. The summed E-state index contributed by atoms with van der Waals surface area (Å²) < 4.78 is 5.78. The van der Waals surface area contributed by atoms with Gasteiger partial charge in [-0.1, -0.05) is 91.0 Å². The van der Waals surface area contributed by atoms with Gasteiger partial charge in [0.1, 0.15) is 10.9 Å². The molecule has 3 aromatic rings. The second kappa shape index (κ2) is 10.7. The molecule has 176 valence electrons. The standard InChI is InChI=1S/C28H29O5P/c1-28(2,3)33-27(32)26(24(29)19-20-25(30)31)34(21-13-7-4-8-14-21,22-15-9-5-10-16-22)23-17-11-6-12-18-23/h4-18H,19-20H2,1-3H3,(H,30,31). The number of esters is 1. The van der Waals surface area contributed by atoms with Gasteiger partial charge in [0.05, 0.1) is 6.42 Å². The van der Waals surface area contributed by atoms with E-state index in [1.54, 1.807) is 20.8 Å². The minimum absolute atomic E-state index is 0.00674. The average molecular weight is 477 g/mol. The second-order valence-corrected chi connectivity index (χ2v) is 12.2. The fraction of sp³-hybridized carbons (Fsp3) is 0.214. The molecule has 3 rings (SSSR count). The number of ether oxygens (including phenoxy) is 1. The van der Waals surface area contributed by atoms with Crippen LogP contribution in [0.15, 0.2) is 91.0 Å². The van der Waals surface area contributed by atoms with Crippen molar-refractivity contribution in [3.8, 4) is 0 Å². The highest BCUT2D eigenvalue weighted by molar-refractivity contribution is 7.97. The van der Waals surface area contributed by atoms with Gasteiger partial charge in [0, 0.05) is 6.42 Å². The Morgan fingerprint density at radius 1 is 0.706 bits per heavy atom. The molecule has 0 aliphatic carbocycles. The summed E-state index contributed by atoms with van der Waals surface area (Å²) in [5.74, 6) is -2.32. The van der Waals surface area contributed by atoms with Crippen molar-refractivity contribution < 1.29 is 24.2 Å². The van der Waals surface area contributed by atoms with Gasteiger partial charge in [-0.05, 0) is 43.6 Å². The molecule has 0 saturated heterocycles. The molecule has 0 bridgehead atoms. The van der Waals surface area contributed by atoms with Gasteiger partial charge < -0.3 is 9.84 Å². The van der Waals surface area contributed by atoms with E-state index in [1.165, 1.54) is 0 Å². The molecule has 5 nitrogen and oxygen atoms in total. The summed E-state index contributed by atoms with van der Waals surface area (Å²) in [5, 5.41) is 11.7. The molecule has 0 fully saturated rings. The minimum atomic E-state index is -3.02. The predicted octanol–water partition coefficient (Wildman–Crippen LogP) is 3.93. The third-order valence-corrected chi connectivity index (χ3v) is 9.51. The third kappa shape index (κ3) is 5.55. The molecule has 0 radical (unpaired) electrons. The maximum absolute atomic E-state index is 13.8. The zero-order chi connectivity index (χ0) is 24.8. The molecule has 1 N–H and O–H groups in total. The average Bonchev–Trinajstić information content (AvgIpc) is 2.81. The quantitative estimate of drug-likeness (QED) is 0.303. The van der Waals surface area contributed by atoms with Crippen molar-refractivity contribution in [2.45, 2.75) is 39.2 Å². The highest BCUT2D eigenvalue weighted by Crippen LogP contribution is 2.47. The molecule has 6 heteroatoms. The van der Waals surface area contributed by atoms with Crippen LogP contribution in [0.2, 0.25) is 0 Å². The van der Waals surface area contributed by atoms with E-state index >= 15 is 0 Å². The number of carbonyl (C=O) groups excluding carboxylic acids is 2. The number of aliphatic carboxylic acids is 1. The normalized spacial score (nSPS) is 11.5. The number of Topliss-reactive ketones (excluding diaryl/α,β-unsaturated/α-hetero) is 1. The summed E-state index contributed by atoms with van der Waals surface area (Å²) in [5.41, 5.74) is -0.838. The molecule has 0 aromatic heterocycles. The maximum Gasteiger partial charge on any atom is 0.343 e. The van der Waals surface area contributed by atoms with E-state index in [-0.39, 0.29) is 18.1 Å². The van der Waals surface area contributed by atoms with Crippen LogP contribution in [0.1, 0.15) is 33.6 Å². The van der Waals surface area contributed by atoms with E-state index in [9.17, 15) is 19.5 Å². The van der Waals surface area contributed by atoms with Crippen LogP contribution >= 0.6 is 6.89 Å². The summed E-state index contributed by atoms with van der Waals surface area (Å²) in [7, 11) is 0. The van der Waals surface area contributed by atoms with Gasteiger partial charge in [-0.3, -0.25) is 9.59 Å². The Kier molecular flexibility index (Phi) is 7.90. The van der Waals surface area contributed by atoms with Crippen LogP contribution in [0.3, 0.4) is 0 Å². The lowest BCUT2D eigenvalue weighted by Gasteiger charge is -2.32. The van der Waals surface area contributed by atoms with Gasteiger partial charge in [-0.2, -0.15) is 0 Å². The van der Waals surface area contributed by atoms with E-state index in [0.29, 0.717) is 0 Å². The molecule has 0 saturated carbocycles. The second-order valence-electron chi connectivity index (χ2n) is 8.84. The van der Waals surface area contributed by atoms with E-state index in [0.717, 1.165) is 15.9 Å².